The molecule has 3 rings (SSSR count). The van der Waals surface area contributed by atoms with Gasteiger partial charge in [-0.1, -0.05) is 58.7 Å². The van der Waals surface area contributed by atoms with Crippen LogP contribution in [0.5, 0.6) is 0 Å². The van der Waals surface area contributed by atoms with Crippen molar-refractivity contribution in [3.8, 4) is 0 Å². The second kappa shape index (κ2) is 13.3. The minimum atomic E-state index is -4.14. The molecule has 2 amide bonds. The van der Waals surface area contributed by atoms with Gasteiger partial charge in [-0.2, -0.15) is 0 Å². The van der Waals surface area contributed by atoms with Crippen molar-refractivity contribution in [1.29, 1.82) is 0 Å². The molecule has 0 saturated carbocycles. The van der Waals surface area contributed by atoms with Crippen molar-refractivity contribution in [2.45, 2.75) is 44.7 Å². The Morgan fingerprint density at radius 3 is 2.34 bits per heavy atom. The van der Waals surface area contributed by atoms with E-state index in [0.29, 0.717) is 17.3 Å². The summed E-state index contributed by atoms with van der Waals surface area (Å²) in [6.45, 7) is 5.54. The van der Waals surface area contributed by atoms with Crippen LogP contribution in [0.4, 0.5) is 5.69 Å². The van der Waals surface area contributed by atoms with E-state index in [1.807, 2.05) is 44.2 Å². The first-order valence-electron chi connectivity index (χ1n) is 12.2. The van der Waals surface area contributed by atoms with Crippen LogP contribution in [-0.2, 0) is 26.2 Å². The molecule has 7 nitrogen and oxygen atoms in total. The quantitative estimate of drug-likeness (QED) is 0.305. The highest BCUT2D eigenvalue weighted by atomic mass is 79.9. The highest BCUT2D eigenvalue weighted by Gasteiger charge is 2.32. The number of hydrogen-bond donors (Lipinski definition) is 1. The Morgan fingerprint density at radius 1 is 1.03 bits per heavy atom. The Labute approximate surface area is 238 Å². The van der Waals surface area contributed by atoms with E-state index in [1.165, 1.54) is 29.2 Å². The second-order valence-electron chi connectivity index (χ2n) is 8.92. The van der Waals surface area contributed by atoms with Gasteiger partial charge < -0.3 is 10.2 Å². The molecule has 0 heterocycles. The summed E-state index contributed by atoms with van der Waals surface area (Å²) in [6.07, 6.45) is 0.749. The number of nitrogens with one attached hydrogen (secondary N) is 1. The van der Waals surface area contributed by atoms with Crippen LogP contribution in [0, 0.1) is 6.92 Å². The lowest BCUT2D eigenvalue weighted by Gasteiger charge is -2.32. The number of hydrogen-bond acceptors (Lipinski definition) is 4. The Hall–Kier alpha value is -2.88. The fourth-order valence-corrected chi connectivity index (χ4v) is 5.83. The van der Waals surface area contributed by atoms with Gasteiger partial charge in [0.1, 0.15) is 12.6 Å². The number of sulfonamides is 1. The molecule has 3 aromatic rings. The summed E-state index contributed by atoms with van der Waals surface area (Å²) < 4.78 is 29.5. The first-order valence-corrected chi connectivity index (χ1v) is 14.8. The molecule has 1 N–H and O–H groups in total. The van der Waals surface area contributed by atoms with E-state index in [0.717, 1.165) is 26.3 Å². The Bertz CT molecular complexity index is 1380. The number of nitrogens with zero attached hydrogens (tertiary/aromatic N) is 2. The second-order valence-corrected chi connectivity index (χ2v) is 12.1. The molecule has 0 saturated heterocycles. The number of carbonyl (C=O) groups is 2. The van der Waals surface area contributed by atoms with Crippen LogP contribution in [0.2, 0.25) is 5.02 Å². The van der Waals surface area contributed by atoms with Gasteiger partial charge in [0.2, 0.25) is 11.8 Å². The van der Waals surface area contributed by atoms with E-state index in [9.17, 15) is 18.0 Å². The van der Waals surface area contributed by atoms with Crippen LogP contribution < -0.4 is 9.62 Å². The smallest absolute Gasteiger partial charge is 0.264 e. The van der Waals surface area contributed by atoms with Gasteiger partial charge in [-0.3, -0.25) is 13.9 Å². The van der Waals surface area contributed by atoms with Crippen LogP contribution in [-0.4, -0.2) is 44.3 Å². The number of benzene rings is 3. The molecule has 0 aliphatic rings. The summed E-state index contributed by atoms with van der Waals surface area (Å²) in [4.78, 5) is 28.2. The third-order valence-electron chi connectivity index (χ3n) is 5.93. The standard InChI is InChI=1S/C28H31BrClN3O4S/c1-4-15-31-28(35)21(3)32(18-22-8-6-9-23(29)17-22)27(34)19-33(25-10-5-7-20(2)16-25)38(36,37)26-13-11-24(30)12-14-26/h5-14,16-17,21H,4,15,18-19H2,1-3H3,(H,31,35). The number of anilines is 1. The summed E-state index contributed by atoms with van der Waals surface area (Å²) in [6, 6.07) is 19.3. The van der Waals surface area contributed by atoms with Gasteiger partial charge >= 0.3 is 0 Å². The Kier molecular flexibility index (Phi) is 10.4. The van der Waals surface area contributed by atoms with Gasteiger partial charge in [-0.25, -0.2) is 8.42 Å². The number of carbonyl (C=O) groups excluding carboxylic acids is 2. The van der Waals surface area contributed by atoms with E-state index >= 15 is 0 Å². The van der Waals surface area contributed by atoms with E-state index in [1.54, 1.807) is 25.1 Å². The van der Waals surface area contributed by atoms with Crippen LogP contribution in [0.15, 0.2) is 82.2 Å². The molecule has 0 aliphatic carbocycles. The zero-order valence-electron chi connectivity index (χ0n) is 21.5. The number of halogens is 2. The van der Waals surface area contributed by atoms with Crippen molar-refractivity contribution in [3.63, 3.8) is 0 Å². The molecular weight excluding hydrogens is 590 g/mol. The highest BCUT2D eigenvalue weighted by Crippen LogP contribution is 2.26. The lowest BCUT2D eigenvalue weighted by Crippen LogP contribution is -2.51. The molecule has 0 radical (unpaired) electrons. The van der Waals surface area contributed by atoms with Crippen LogP contribution in [0.25, 0.3) is 0 Å². The maximum atomic E-state index is 13.9. The molecular formula is C28H31BrClN3O4S. The Balaban J connectivity index is 2.02. The third kappa shape index (κ3) is 7.58. The fourth-order valence-electron chi connectivity index (χ4n) is 3.86. The van der Waals surface area contributed by atoms with Crippen molar-refractivity contribution >= 4 is 55.1 Å². The molecule has 38 heavy (non-hydrogen) atoms. The molecule has 202 valence electrons. The summed E-state index contributed by atoms with van der Waals surface area (Å²) in [5.74, 6) is -0.818. The van der Waals surface area contributed by atoms with Gasteiger partial charge in [-0.05, 0) is 79.9 Å². The molecule has 1 unspecified atom stereocenters. The Morgan fingerprint density at radius 2 is 1.71 bits per heavy atom. The zero-order valence-corrected chi connectivity index (χ0v) is 24.7. The lowest BCUT2D eigenvalue weighted by molar-refractivity contribution is -0.139. The molecule has 0 bridgehead atoms. The van der Waals surface area contributed by atoms with Crippen LogP contribution in [0.1, 0.15) is 31.4 Å². The van der Waals surface area contributed by atoms with Crippen molar-refractivity contribution in [2.75, 3.05) is 17.4 Å². The van der Waals surface area contributed by atoms with E-state index < -0.39 is 28.5 Å². The molecule has 3 aromatic carbocycles. The summed E-state index contributed by atoms with van der Waals surface area (Å²) in [5, 5.41) is 3.23. The summed E-state index contributed by atoms with van der Waals surface area (Å²) in [5.41, 5.74) is 1.98. The highest BCUT2D eigenvalue weighted by molar-refractivity contribution is 9.10. The third-order valence-corrected chi connectivity index (χ3v) is 8.46. The van der Waals surface area contributed by atoms with E-state index in [-0.39, 0.29) is 17.3 Å². The van der Waals surface area contributed by atoms with Gasteiger partial charge in [0.05, 0.1) is 10.6 Å². The molecule has 0 aromatic heterocycles. The van der Waals surface area contributed by atoms with Crippen LogP contribution in [0.3, 0.4) is 0 Å². The largest absolute Gasteiger partial charge is 0.354 e. The van der Waals surface area contributed by atoms with Crippen molar-refractivity contribution in [1.82, 2.24) is 10.2 Å². The van der Waals surface area contributed by atoms with Crippen molar-refractivity contribution in [3.05, 3.63) is 93.4 Å². The van der Waals surface area contributed by atoms with Gasteiger partial charge in [0.25, 0.3) is 10.0 Å². The lowest BCUT2D eigenvalue weighted by atomic mass is 10.1. The SMILES string of the molecule is CCCNC(=O)C(C)N(Cc1cccc(Br)c1)C(=O)CN(c1cccc(C)c1)S(=O)(=O)c1ccc(Cl)cc1. The average molecular weight is 621 g/mol. The normalized spacial score (nSPS) is 12.0. The summed E-state index contributed by atoms with van der Waals surface area (Å²) >= 11 is 9.43. The molecule has 1 atom stereocenters. The number of rotatable bonds is 11. The van der Waals surface area contributed by atoms with Gasteiger partial charge in [0.15, 0.2) is 0 Å². The number of amides is 2. The van der Waals surface area contributed by atoms with Gasteiger partial charge in [0, 0.05) is 22.6 Å². The van der Waals surface area contributed by atoms with Gasteiger partial charge in [-0.15, -0.1) is 0 Å². The zero-order chi connectivity index (χ0) is 27.9. The monoisotopic (exact) mass is 619 g/mol. The predicted octanol–water partition coefficient (Wildman–Crippen LogP) is 5.55. The maximum absolute atomic E-state index is 13.9. The topological polar surface area (TPSA) is 86.8 Å². The fraction of sp³-hybridized carbons (Fsp3) is 0.286. The predicted molar refractivity (Wildman–Crippen MR) is 155 cm³/mol. The van der Waals surface area contributed by atoms with Crippen LogP contribution >= 0.6 is 27.5 Å². The van der Waals surface area contributed by atoms with Crippen molar-refractivity contribution < 1.29 is 18.0 Å². The maximum Gasteiger partial charge on any atom is 0.264 e. The molecule has 0 fully saturated rings. The van der Waals surface area contributed by atoms with Crippen molar-refractivity contribution in [2.24, 2.45) is 0 Å². The minimum absolute atomic E-state index is 0.00323. The molecule has 0 spiro atoms. The molecule has 10 heteroatoms. The first-order chi connectivity index (χ1) is 18.0. The van der Waals surface area contributed by atoms with E-state index in [2.05, 4.69) is 21.2 Å². The average Bonchev–Trinajstić information content (AvgIpc) is 2.88. The minimum Gasteiger partial charge on any atom is -0.354 e. The molecule has 0 aliphatic heterocycles. The first kappa shape index (κ1) is 29.7. The number of aryl methyl sites for hydroxylation is 1. The van der Waals surface area contributed by atoms with E-state index in [4.69, 9.17) is 11.6 Å². The summed E-state index contributed by atoms with van der Waals surface area (Å²) in [7, 11) is -4.14.